The van der Waals surface area contributed by atoms with Gasteiger partial charge in [-0.05, 0) is 50.6 Å². The van der Waals surface area contributed by atoms with E-state index in [1.165, 1.54) is 0 Å². The van der Waals surface area contributed by atoms with Gasteiger partial charge in [0.2, 0.25) is 0 Å². The van der Waals surface area contributed by atoms with E-state index >= 15 is 0 Å². The highest BCUT2D eigenvalue weighted by Crippen LogP contribution is 2.15. The summed E-state index contributed by atoms with van der Waals surface area (Å²) in [4.78, 5) is 26.1. The van der Waals surface area contributed by atoms with Gasteiger partial charge in [-0.3, -0.25) is 14.5 Å². The van der Waals surface area contributed by atoms with Crippen molar-refractivity contribution in [3.63, 3.8) is 0 Å². The molecular weight excluding hydrogens is 306 g/mol. The molecule has 0 bridgehead atoms. The third kappa shape index (κ3) is 5.23. The minimum Gasteiger partial charge on any atom is -0.494 e. The van der Waals surface area contributed by atoms with E-state index in [9.17, 15) is 9.59 Å². The monoisotopic (exact) mass is 333 g/mol. The van der Waals surface area contributed by atoms with Gasteiger partial charge in [-0.25, -0.2) is 0 Å². The van der Waals surface area contributed by atoms with Crippen LogP contribution in [0.15, 0.2) is 24.3 Å². The highest BCUT2D eigenvalue weighted by molar-refractivity contribution is 6.35. The Morgan fingerprint density at radius 2 is 1.88 bits per heavy atom. The minimum absolute atomic E-state index is 0.323. The molecule has 2 amide bonds. The Morgan fingerprint density at radius 1 is 1.17 bits per heavy atom. The van der Waals surface area contributed by atoms with E-state index in [1.807, 2.05) is 31.2 Å². The molecule has 1 aromatic carbocycles. The average Bonchev–Trinajstić information content (AvgIpc) is 3.06. The van der Waals surface area contributed by atoms with Gasteiger partial charge in [0.15, 0.2) is 0 Å². The molecule has 6 nitrogen and oxygen atoms in total. The summed E-state index contributed by atoms with van der Waals surface area (Å²) < 4.78 is 5.37. The van der Waals surface area contributed by atoms with Crippen molar-refractivity contribution in [1.29, 1.82) is 0 Å². The first-order chi connectivity index (χ1) is 11.6. The Kier molecular flexibility index (Phi) is 7.06. The van der Waals surface area contributed by atoms with Crippen LogP contribution in [0, 0.1) is 0 Å². The van der Waals surface area contributed by atoms with Gasteiger partial charge < -0.3 is 15.4 Å². The van der Waals surface area contributed by atoms with Gasteiger partial charge in [-0.15, -0.1) is 0 Å². The molecule has 132 valence electrons. The number of ether oxygens (including phenoxy) is 1. The molecular formula is C18H27N3O3. The summed E-state index contributed by atoms with van der Waals surface area (Å²) in [5.74, 6) is -0.365. The number of rotatable bonds is 7. The number of likely N-dealkylation sites (tertiary alicyclic amines) is 1. The largest absolute Gasteiger partial charge is 0.494 e. The van der Waals surface area contributed by atoms with E-state index in [1.54, 1.807) is 0 Å². The normalized spacial score (nSPS) is 17.5. The SMILES string of the molecule is CCOc1ccc(CNC(=O)C(=O)NC[C@H]2CCCN2CC)cc1. The molecule has 1 atom stereocenters. The number of carbonyl (C=O) groups is 2. The first-order valence-electron chi connectivity index (χ1n) is 8.65. The average molecular weight is 333 g/mol. The quantitative estimate of drug-likeness (QED) is 0.738. The molecule has 1 aliphatic rings. The smallest absolute Gasteiger partial charge is 0.309 e. The summed E-state index contributed by atoms with van der Waals surface area (Å²) in [6.45, 7) is 7.56. The van der Waals surface area contributed by atoms with Crippen molar-refractivity contribution in [1.82, 2.24) is 15.5 Å². The Morgan fingerprint density at radius 3 is 2.54 bits per heavy atom. The van der Waals surface area contributed by atoms with Gasteiger partial charge in [-0.1, -0.05) is 19.1 Å². The summed E-state index contributed by atoms with van der Waals surface area (Å²) in [7, 11) is 0. The van der Waals surface area contributed by atoms with E-state index in [4.69, 9.17) is 4.74 Å². The number of hydrogen-bond donors (Lipinski definition) is 2. The second kappa shape index (κ2) is 9.27. The molecule has 6 heteroatoms. The van der Waals surface area contributed by atoms with Crippen LogP contribution in [0.3, 0.4) is 0 Å². The fourth-order valence-electron chi connectivity index (χ4n) is 2.97. The van der Waals surface area contributed by atoms with Crippen LogP contribution in [-0.4, -0.2) is 49.0 Å². The number of likely N-dealkylation sites (N-methyl/N-ethyl adjacent to an activating group) is 1. The van der Waals surface area contributed by atoms with Gasteiger partial charge in [0.1, 0.15) is 5.75 Å². The molecule has 0 saturated carbocycles. The third-order valence-corrected chi connectivity index (χ3v) is 4.30. The van der Waals surface area contributed by atoms with Crippen LogP contribution in [0.1, 0.15) is 32.3 Å². The van der Waals surface area contributed by atoms with Crippen LogP contribution in [0.2, 0.25) is 0 Å². The van der Waals surface area contributed by atoms with Gasteiger partial charge >= 0.3 is 11.8 Å². The van der Waals surface area contributed by atoms with Crippen LogP contribution in [0.25, 0.3) is 0 Å². The van der Waals surface area contributed by atoms with Gasteiger partial charge in [-0.2, -0.15) is 0 Å². The fraction of sp³-hybridized carbons (Fsp3) is 0.556. The molecule has 1 aliphatic heterocycles. The summed E-state index contributed by atoms with van der Waals surface area (Å²) in [6.07, 6.45) is 2.22. The number of benzene rings is 1. The predicted molar refractivity (Wildman–Crippen MR) is 92.7 cm³/mol. The molecule has 2 N–H and O–H groups in total. The number of nitrogens with one attached hydrogen (secondary N) is 2. The molecule has 1 fully saturated rings. The van der Waals surface area contributed by atoms with Crippen molar-refractivity contribution in [3.8, 4) is 5.75 Å². The molecule has 0 radical (unpaired) electrons. The fourth-order valence-corrected chi connectivity index (χ4v) is 2.97. The van der Waals surface area contributed by atoms with Crippen LogP contribution in [0.4, 0.5) is 0 Å². The minimum atomic E-state index is -0.593. The Balaban J connectivity index is 1.72. The predicted octanol–water partition coefficient (Wildman–Crippen LogP) is 1.30. The van der Waals surface area contributed by atoms with Crippen molar-refractivity contribution in [2.45, 2.75) is 39.3 Å². The van der Waals surface area contributed by atoms with Crippen LogP contribution >= 0.6 is 0 Å². The number of hydrogen-bond acceptors (Lipinski definition) is 4. The maximum Gasteiger partial charge on any atom is 0.309 e. The van der Waals surface area contributed by atoms with E-state index in [0.717, 1.165) is 37.2 Å². The Hall–Kier alpha value is -2.08. The molecule has 24 heavy (non-hydrogen) atoms. The zero-order valence-corrected chi connectivity index (χ0v) is 14.5. The van der Waals surface area contributed by atoms with Crippen LogP contribution in [0.5, 0.6) is 5.75 Å². The third-order valence-electron chi connectivity index (χ3n) is 4.30. The molecule has 1 saturated heterocycles. The second-order valence-electron chi connectivity index (χ2n) is 5.89. The molecule has 0 aromatic heterocycles. The first kappa shape index (κ1) is 18.3. The van der Waals surface area contributed by atoms with Gasteiger partial charge in [0.25, 0.3) is 0 Å². The lowest BCUT2D eigenvalue weighted by Crippen LogP contribution is -2.45. The summed E-state index contributed by atoms with van der Waals surface area (Å²) in [5.41, 5.74) is 0.924. The summed E-state index contributed by atoms with van der Waals surface area (Å²) in [6, 6.07) is 7.80. The van der Waals surface area contributed by atoms with E-state index in [-0.39, 0.29) is 0 Å². The standard InChI is InChI=1S/C18H27N3O3/c1-3-21-11-5-6-15(21)13-20-18(23)17(22)19-12-14-7-9-16(10-8-14)24-4-2/h7-10,15H,3-6,11-13H2,1-2H3,(H,19,22)(H,20,23)/t15-/m1/s1. The summed E-state index contributed by atoms with van der Waals surface area (Å²) >= 11 is 0. The Bertz CT molecular complexity index is 545. The lowest BCUT2D eigenvalue weighted by atomic mass is 10.2. The van der Waals surface area contributed by atoms with E-state index in [0.29, 0.717) is 25.7 Å². The van der Waals surface area contributed by atoms with Crippen molar-refractivity contribution in [2.24, 2.45) is 0 Å². The molecule has 1 aromatic rings. The zero-order valence-electron chi connectivity index (χ0n) is 14.5. The van der Waals surface area contributed by atoms with Crippen LogP contribution < -0.4 is 15.4 Å². The molecule has 0 unspecified atom stereocenters. The highest BCUT2D eigenvalue weighted by atomic mass is 16.5. The molecule has 0 spiro atoms. The lowest BCUT2D eigenvalue weighted by Gasteiger charge is -2.22. The number of carbonyl (C=O) groups excluding carboxylic acids is 2. The number of amides is 2. The maximum absolute atomic E-state index is 11.9. The van der Waals surface area contributed by atoms with Crippen molar-refractivity contribution < 1.29 is 14.3 Å². The lowest BCUT2D eigenvalue weighted by molar-refractivity contribution is -0.139. The maximum atomic E-state index is 11.9. The van der Waals surface area contributed by atoms with Crippen molar-refractivity contribution in [2.75, 3.05) is 26.2 Å². The topological polar surface area (TPSA) is 70.7 Å². The molecule has 0 aliphatic carbocycles. The summed E-state index contributed by atoms with van der Waals surface area (Å²) in [5, 5.41) is 5.38. The van der Waals surface area contributed by atoms with E-state index < -0.39 is 11.8 Å². The Labute approximate surface area is 143 Å². The molecule has 2 rings (SSSR count). The second-order valence-corrected chi connectivity index (χ2v) is 5.89. The zero-order chi connectivity index (χ0) is 17.4. The van der Waals surface area contributed by atoms with Gasteiger partial charge in [0.05, 0.1) is 6.61 Å². The van der Waals surface area contributed by atoms with Crippen LogP contribution in [-0.2, 0) is 16.1 Å². The first-order valence-corrected chi connectivity index (χ1v) is 8.65. The van der Waals surface area contributed by atoms with E-state index in [2.05, 4.69) is 22.5 Å². The van der Waals surface area contributed by atoms with Gasteiger partial charge in [0, 0.05) is 19.1 Å². The highest BCUT2D eigenvalue weighted by Gasteiger charge is 2.24. The van der Waals surface area contributed by atoms with Crippen molar-refractivity contribution >= 4 is 11.8 Å². The molecule has 1 heterocycles. The number of nitrogens with zero attached hydrogens (tertiary/aromatic N) is 1. The van der Waals surface area contributed by atoms with Crippen molar-refractivity contribution in [3.05, 3.63) is 29.8 Å².